The van der Waals surface area contributed by atoms with Crippen LogP contribution in [0.4, 0.5) is 0 Å². The van der Waals surface area contributed by atoms with Crippen LogP contribution in [0.15, 0.2) is 23.0 Å². The Morgan fingerprint density at radius 1 is 1.30 bits per heavy atom. The van der Waals surface area contributed by atoms with Gasteiger partial charge in [-0.25, -0.2) is 0 Å². The molecule has 2 aromatic heterocycles. The van der Waals surface area contributed by atoms with Crippen LogP contribution in [0.3, 0.4) is 0 Å². The predicted octanol–water partition coefficient (Wildman–Crippen LogP) is 1.39. The van der Waals surface area contributed by atoms with Gasteiger partial charge >= 0.3 is 0 Å². The average Bonchev–Trinajstić information content (AvgIpc) is 3.20. The Kier molecular flexibility index (Phi) is 4.47. The summed E-state index contributed by atoms with van der Waals surface area (Å²) in [4.78, 5) is 16.8. The molecule has 0 aromatic carbocycles. The highest BCUT2D eigenvalue weighted by molar-refractivity contribution is 5.80. The Balaban J connectivity index is 1.55. The van der Waals surface area contributed by atoms with E-state index in [1.807, 2.05) is 37.9 Å². The van der Waals surface area contributed by atoms with Crippen molar-refractivity contribution in [3.05, 3.63) is 35.5 Å². The number of carbonyl (C=O) groups excluding carboxylic acids is 1. The highest BCUT2D eigenvalue weighted by Gasteiger charge is 2.26. The first-order chi connectivity index (χ1) is 11.1. The van der Waals surface area contributed by atoms with Crippen LogP contribution >= 0.6 is 0 Å². The van der Waals surface area contributed by atoms with Crippen molar-refractivity contribution in [1.29, 1.82) is 0 Å². The summed E-state index contributed by atoms with van der Waals surface area (Å²) in [5.41, 5.74) is 2.11. The van der Waals surface area contributed by atoms with Crippen LogP contribution in [0, 0.1) is 13.8 Å². The minimum absolute atomic E-state index is 0.130. The average molecular weight is 317 g/mol. The van der Waals surface area contributed by atoms with Gasteiger partial charge in [-0.2, -0.15) is 5.10 Å². The topological polar surface area (TPSA) is 67.4 Å². The first-order valence-corrected chi connectivity index (χ1v) is 7.98. The second-order valence-electron chi connectivity index (χ2n) is 6.07. The lowest BCUT2D eigenvalue weighted by atomic mass is 10.1. The van der Waals surface area contributed by atoms with Gasteiger partial charge in [0.2, 0.25) is 5.91 Å². The van der Waals surface area contributed by atoms with Crippen molar-refractivity contribution in [2.75, 3.05) is 26.2 Å². The molecule has 0 saturated carbocycles. The summed E-state index contributed by atoms with van der Waals surface area (Å²) in [7, 11) is 0. The van der Waals surface area contributed by atoms with Crippen molar-refractivity contribution < 1.29 is 9.32 Å². The molecule has 1 aliphatic rings. The van der Waals surface area contributed by atoms with Crippen molar-refractivity contribution in [2.45, 2.75) is 33.4 Å². The molecule has 0 unspecified atom stereocenters. The summed E-state index contributed by atoms with van der Waals surface area (Å²) in [5, 5.41) is 8.16. The van der Waals surface area contributed by atoms with Crippen LogP contribution in [0.25, 0.3) is 0 Å². The molecule has 1 aliphatic heterocycles. The standard InChI is InChI=1S/C16H23N5O2/c1-12-15(14(3)23-18-12)11-19-7-9-20(10-8-19)16(22)13(2)21-6-4-5-17-21/h4-6,13H,7-11H2,1-3H3/t13-/m0/s1. The number of aryl methyl sites for hydroxylation is 2. The highest BCUT2D eigenvalue weighted by Crippen LogP contribution is 2.17. The van der Waals surface area contributed by atoms with Crippen LogP contribution < -0.4 is 0 Å². The van der Waals surface area contributed by atoms with E-state index in [4.69, 9.17) is 4.52 Å². The molecular formula is C16H23N5O2. The van der Waals surface area contributed by atoms with Gasteiger partial charge < -0.3 is 9.42 Å². The highest BCUT2D eigenvalue weighted by atomic mass is 16.5. The zero-order valence-corrected chi connectivity index (χ0v) is 13.9. The Hall–Kier alpha value is -2.15. The maximum atomic E-state index is 12.5. The summed E-state index contributed by atoms with van der Waals surface area (Å²) in [5.74, 6) is 1.01. The quantitative estimate of drug-likeness (QED) is 0.852. The van der Waals surface area contributed by atoms with E-state index in [9.17, 15) is 4.79 Å². The van der Waals surface area contributed by atoms with Crippen molar-refractivity contribution in [1.82, 2.24) is 24.7 Å². The predicted molar refractivity (Wildman–Crippen MR) is 84.8 cm³/mol. The molecular weight excluding hydrogens is 294 g/mol. The van der Waals surface area contributed by atoms with Crippen LogP contribution in [0.5, 0.6) is 0 Å². The van der Waals surface area contributed by atoms with Gasteiger partial charge in [-0.1, -0.05) is 5.16 Å². The molecule has 1 atom stereocenters. The lowest BCUT2D eigenvalue weighted by Gasteiger charge is -2.35. The Morgan fingerprint density at radius 3 is 2.61 bits per heavy atom. The van der Waals surface area contributed by atoms with Crippen molar-refractivity contribution in [2.24, 2.45) is 0 Å². The van der Waals surface area contributed by atoms with Crippen LogP contribution in [-0.2, 0) is 11.3 Å². The third-order valence-corrected chi connectivity index (χ3v) is 4.53. The lowest BCUT2D eigenvalue weighted by molar-refractivity contribution is -0.136. The van der Waals surface area contributed by atoms with E-state index in [0.717, 1.165) is 49.7 Å². The summed E-state index contributed by atoms with van der Waals surface area (Å²) >= 11 is 0. The van der Waals surface area contributed by atoms with Crippen LogP contribution in [0.2, 0.25) is 0 Å². The second-order valence-corrected chi connectivity index (χ2v) is 6.07. The third-order valence-electron chi connectivity index (χ3n) is 4.53. The van der Waals surface area contributed by atoms with E-state index in [1.54, 1.807) is 10.9 Å². The van der Waals surface area contributed by atoms with E-state index in [2.05, 4.69) is 15.2 Å². The lowest BCUT2D eigenvalue weighted by Crippen LogP contribution is -2.50. The van der Waals surface area contributed by atoms with Gasteiger partial charge in [0, 0.05) is 50.7 Å². The van der Waals surface area contributed by atoms with E-state index in [1.165, 1.54) is 0 Å². The maximum Gasteiger partial charge on any atom is 0.247 e. The van der Waals surface area contributed by atoms with E-state index >= 15 is 0 Å². The minimum atomic E-state index is -0.251. The molecule has 0 bridgehead atoms. The normalized spacial score (nSPS) is 17.4. The fraction of sp³-hybridized carbons (Fsp3) is 0.562. The number of carbonyl (C=O) groups is 1. The van der Waals surface area contributed by atoms with Crippen molar-refractivity contribution in [3.8, 4) is 0 Å². The summed E-state index contributed by atoms with van der Waals surface area (Å²) in [6, 6.07) is 1.59. The molecule has 3 heterocycles. The molecule has 7 heteroatoms. The minimum Gasteiger partial charge on any atom is -0.361 e. The molecule has 23 heavy (non-hydrogen) atoms. The van der Waals surface area contributed by atoms with Crippen molar-refractivity contribution in [3.63, 3.8) is 0 Å². The number of aromatic nitrogens is 3. The van der Waals surface area contributed by atoms with E-state index < -0.39 is 0 Å². The van der Waals surface area contributed by atoms with Crippen molar-refractivity contribution >= 4 is 5.91 Å². The van der Waals surface area contributed by atoms with E-state index in [0.29, 0.717) is 0 Å². The molecule has 0 N–H and O–H groups in total. The number of amides is 1. The summed E-state index contributed by atoms with van der Waals surface area (Å²) in [6.07, 6.45) is 3.53. The monoisotopic (exact) mass is 317 g/mol. The molecule has 2 aromatic rings. The van der Waals surface area contributed by atoms with E-state index in [-0.39, 0.29) is 11.9 Å². The smallest absolute Gasteiger partial charge is 0.247 e. The fourth-order valence-corrected chi connectivity index (χ4v) is 2.96. The number of hydrogen-bond acceptors (Lipinski definition) is 5. The second kappa shape index (κ2) is 6.54. The SMILES string of the molecule is Cc1noc(C)c1CN1CCN(C(=O)[C@H](C)n2cccn2)CC1. The molecule has 0 radical (unpaired) electrons. The first-order valence-electron chi connectivity index (χ1n) is 7.98. The van der Waals surface area contributed by atoms with Gasteiger partial charge in [-0.05, 0) is 26.8 Å². The Bertz CT molecular complexity index is 637. The largest absolute Gasteiger partial charge is 0.361 e. The Morgan fingerprint density at radius 2 is 2.04 bits per heavy atom. The van der Waals surface area contributed by atoms with Gasteiger partial charge in [0.05, 0.1) is 5.69 Å². The molecule has 1 saturated heterocycles. The number of nitrogens with zero attached hydrogens (tertiary/aromatic N) is 5. The number of rotatable bonds is 4. The third kappa shape index (κ3) is 3.29. The number of hydrogen-bond donors (Lipinski definition) is 0. The first kappa shape index (κ1) is 15.7. The molecule has 124 valence electrons. The fourth-order valence-electron chi connectivity index (χ4n) is 2.96. The van der Waals surface area contributed by atoms with Gasteiger partial charge in [-0.3, -0.25) is 14.4 Å². The molecule has 1 amide bonds. The van der Waals surface area contributed by atoms with Gasteiger partial charge in [-0.15, -0.1) is 0 Å². The molecule has 0 spiro atoms. The summed E-state index contributed by atoms with van der Waals surface area (Å²) < 4.78 is 6.92. The van der Waals surface area contributed by atoms with Gasteiger partial charge in [0.15, 0.2) is 0 Å². The molecule has 1 fully saturated rings. The number of piperazine rings is 1. The van der Waals surface area contributed by atoms with Crippen LogP contribution in [0.1, 0.15) is 30.0 Å². The Labute approximate surface area is 135 Å². The van der Waals surface area contributed by atoms with Gasteiger partial charge in [0.1, 0.15) is 11.8 Å². The summed E-state index contributed by atoms with van der Waals surface area (Å²) in [6.45, 7) is 9.85. The zero-order valence-electron chi connectivity index (χ0n) is 13.9. The molecule has 0 aliphatic carbocycles. The zero-order chi connectivity index (χ0) is 16.4. The maximum absolute atomic E-state index is 12.5. The molecule has 7 nitrogen and oxygen atoms in total. The van der Waals surface area contributed by atoms with Crippen LogP contribution in [-0.4, -0.2) is 56.8 Å². The molecule has 3 rings (SSSR count). The van der Waals surface area contributed by atoms with Gasteiger partial charge in [0.25, 0.3) is 0 Å².